The number of sulfonamides is 1. The summed E-state index contributed by atoms with van der Waals surface area (Å²) in [6, 6.07) is 21.6. The number of benzene rings is 3. The van der Waals surface area contributed by atoms with Crippen molar-refractivity contribution in [3.8, 4) is 0 Å². The molecule has 5 rings (SSSR count). The van der Waals surface area contributed by atoms with Crippen LogP contribution >= 0.6 is 0 Å². The lowest BCUT2D eigenvalue weighted by atomic mass is 9.91. The number of hydrogen-bond acceptors (Lipinski definition) is 6. The zero-order valence-corrected chi connectivity index (χ0v) is 22.8. The molecule has 8 nitrogen and oxygen atoms in total. The molecular weight excluding hydrogens is 535 g/mol. The summed E-state index contributed by atoms with van der Waals surface area (Å²) in [7, 11) is -4.08. The molecule has 0 radical (unpaired) electrons. The number of alkyl carbamates (subject to hydrolysis) is 1. The summed E-state index contributed by atoms with van der Waals surface area (Å²) in [5.41, 5.74) is 2.17. The minimum atomic E-state index is -4.08. The molecule has 4 atom stereocenters. The molecule has 212 valence electrons. The Morgan fingerprint density at radius 1 is 1.10 bits per heavy atom. The van der Waals surface area contributed by atoms with Gasteiger partial charge in [0.15, 0.2) is 0 Å². The summed E-state index contributed by atoms with van der Waals surface area (Å²) in [5.74, 6) is -0.772. The van der Waals surface area contributed by atoms with Crippen molar-refractivity contribution >= 4 is 16.1 Å². The van der Waals surface area contributed by atoms with Crippen molar-refractivity contribution in [2.24, 2.45) is 0 Å². The molecule has 2 N–H and O–H groups in total. The van der Waals surface area contributed by atoms with E-state index in [4.69, 9.17) is 9.47 Å². The van der Waals surface area contributed by atoms with Crippen LogP contribution in [0.3, 0.4) is 0 Å². The number of nitrogens with zero attached hydrogens (tertiary/aromatic N) is 1. The van der Waals surface area contributed by atoms with Gasteiger partial charge in [-0.1, -0.05) is 60.7 Å². The van der Waals surface area contributed by atoms with Crippen LogP contribution in [0, 0.1) is 5.82 Å². The Morgan fingerprint density at radius 3 is 2.52 bits per heavy atom. The number of fused-ring (bicyclic) bond motifs is 1. The standard InChI is InChI=1S/C30H33FN2O6S/c31-25-11-12-29-23(17-25)16-24(22-9-5-2-6-10-22)18-33(40(29,36)37)19-28(34)27(15-21-7-3-1-4-8-21)32-30(35)39-26-13-14-38-20-26/h1-12,17,24,26-28,34H,13-16,18-20H2,(H,32,35)/t24-,26-,27-,28+/m0/s1. The van der Waals surface area contributed by atoms with Crippen LogP contribution in [-0.4, -0.2) is 68.5 Å². The van der Waals surface area contributed by atoms with Gasteiger partial charge in [0, 0.05) is 25.4 Å². The highest BCUT2D eigenvalue weighted by molar-refractivity contribution is 7.89. The van der Waals surface area contributed by atoms with Gasteiger partial charge in [0.25, 0.3) is 0 Å². The van der Waals surface area contributed by atoms with Crippen molar-refractivity contribution in [1.82, 2.24) is 9.62 Å². The molecule has 1 amide bonds. The Labute approximate surface area is 233 Å². The SMILES string of the molecule is O=C(N[C@@H](Cc1ccccc1)[C@H](O)CN1C[C@@H](c2ccccc2)Cc2cc(F)ccc2S1(=O)=O)O[C@H]1CCOC1. The summed E-state index contributed by atoms with van der Waals surface area (Å²) < 4.78 is 53.9. The van der Waals surface area contributed by atoms with Gasteiger partial charge >= 0.3 is 6.09 Å². The van der Waals surface area contributed by atoms with E-state index in [1.165, 1.54) is 16.4 Å². The molecule has 1 fully saturated rings. The topological polar surface area (TPSA) is 105 Å². The van der Waals surface area contributed by atoms with E-state index in [0.717, 1.165) is 17.2 Å². The van der Waals surface area contributed by atoms with Gasteiger partial charge in [-0.25, -0.2) is 17.6 Å². The number of hydrogen-bond donors (Lipinski definition) is 2. The van der Waals surface area contributed by atoms with Crippen molar-refractivity contribution in [2.45, 2.75) is 48.3 Å². The molecule has 0 spiro atoms. The fraction of sp³-hybridized carbons (Fsp3) is 0.367. The average Bonchev–Trinajstić information content (AvgIpc) is 3.42. The maximum absolute atomic E-state index is 14.2. The Balaban J connectivity index is 1.42. The van der Waals surface area contributed by atoms with Gasteiger partial charge in [0.1, 0.15) is 11.9 Å². The first kappa shape index (κ1) is 28.2. The first-order chi connectivity index (χ1) is 19.3. The molecule has 10 heteroatoms. The molecule has 0 aromatic heterocycles. The lowest BCUT2D eigenvalue weighted by Gasteiger charge is -2.30. The largest absolute Gasteiger partial charge is 0.444 e. The van der Waals surface area contributed by atoms with Crippen molar-refractivity contribution < 1.29 is 32.2 Å². The molecule has 0 aliphatic carbocycles. The third-order valence-corrected chi connectivity index (χ3v) is 9.35. The highest BCUT2D eigenvalue weighted by Crippen LogP contribution is 2.33. The molecule has 3 aromatic rings. The Kier molecular flexibility index (Phi) is 8.80. The predicted molar refractivity (Wildman–Crippen MR) is 147 cm³/mol. The number of carbonyl (C=O) groups excluding carboxylic acids is 1. The molecule has 0 unspecified atom stereocenters. The molecule has 2 aliphatic rings. The van der Waals surface area contributed by atoms with Crippen LogP contribution in [0.4, 0.5) is 9.18 Å². The van der Waals surface area contributed by atoms with E-state index in [-0.39, 0.29) is 36.4 Å². The van der Waals surface area contributed by atoms with Crippen LogP contribution in [0.15, 0.2) is 83.8 Å². The number of aliphatic hydroxyl groups is 1. The minimum absolute atomic E-state index is 0.0211. The summed E-state index contributed by atoms with van der Waals surface area (Å²) >= 11 is 0. The van der Waals surface area contributed by atoms with E-state index in [0.29, 0.717) is 31.6 Å². The second kappa shape index (κ2) is 12.5. The van der Waals surface area contributed by atoms with Crippen LogP contribution < -0.4 is 5.32 Å². The molecule has 0 bridgehead atoms. The maximum atomic E-state index is 14.2. The van der Waals surface area contributed by atoms with Crippen LogP contribution in [-0.2, 0) is 32.3 Å². The number of rotatable bonds is 8. The van der Waals surface area contributed by atoms with E-state index >= 15 is 0 Å². The predicted octanol–water partition coefficient (Wildman–Crippen LogP) is 3.64. The first-order valence-corrected chi connectivity index (χ1v) is 14.8. The van der Waals surface area contributed by atoms with E-state index < -0.39 is 34.1 Å². The zero-order valence-electron chi connectivity index (χ0n) is 22.0. The number of carbonyl (C=O) groups is 1. The number of halogens is 1. The summed E-state index contributed by atoms with van der Waals surface area (Å²) in [6.07, 6.45) is -1.16. The molecule has 2 aliphatic heterocycles. The van der Waals surface area contributed by atoms with E-state index in [2.05, 4.69) is 5.32 Å². The van der Waals surface area contributed by atoms with Crippen LogP contribution in [0.2, 0.25) is 0 Å². The Hall–Kier alpha value is -3.31. The van der Waals surface area contributed by atoms with Gasteiger partial charge in [0.05, 0.1) is 30.3 Å². The molecule has 0 saturated carbocycles. The number of ether oxygens (including phenoxy) is 2. The maximum Gasteiger partial charge on any atom is 0.407 e. The number of aliphatic hydroxyl groups excluding tert-OH is 1. The number of amides is 1. The average molecular weight is 569 g/mol. The van der Waals surface area contributed by atoms with Gasteiger partial charge in [0.2, 0.25) is 10.0 Å². The second-order valence-corrected chi connectivity index (χ2v) is 12.2. The fourth-order valence-electron chi connectivity index (χ4n) is 5.32. The molecule has 1 saturated heterocycles. The number of nitrogens with one attached hydrogen (secondary N) is 1. The fourth-order valence-corrected chi connectivity index (χ4v) is 7.04. The third-order valence-electron chi connectivity index (χ3n) is 7.42. The van der Waals surface area contributed by atoms with Crippen molar-refractivity contribution in [3.63, 3.8) is 0 Å². The second-order valence-electron chi connectivity index (χ2n) is 10.3. The quantitative estimate of drug-likeness (QED) is 0.430. The Bertz CT molecular complexity index is 1400. The van der Waals surface area contributed by atoms with Crippen LogP contribution in [0.5, 0.6) is 0 Å². The molecular formula is C30H33FN2O6S. The Morgan fingerprint density at radius 2 is 1.82 bits per heavy atom. The van der Waals surface area contributed by atoms with E-state index in [1.807, 2.05) is 60.7 Å². The lowest BCUT2D eigenvalue weighted by molar-refractivity contribution is 0.0647. The van der Waals surface area contributed by atoms with Gasteiger partial charge < -0.3 is 19.9 Å². The van der Waals surface area contributed by atoms with Crippen LogP contribution in [0.25, 0.3) is 0 Å². The summed E-state index contributed by atoms with van der Waals surface area (Å²) in [4.78, 5) is 12.8. The normalized spacial score (nSPS) is 22.1. The molecule has 3 aromatic carbocycles. The van der Waals surface area contributed by atoms with Gasteiger partial charge in [-0.05, 0) is 47.7 Å². The monoisotopic (exact) mass is 568 g/mol. The number of β-amino-alcohol motifs (C(OH)–C–C–N with tert-alkyl or cyclic N) is 1. The zero-order chi connectivity index (χ0) is 28.1. The van der Waals surface area contributed by atoms with Gasteiger partial charge in [-0.15, -0.1) is 0 Å². The van der Waals surface area contributed by atoms with E-state index in [1.54, 1.807) is 0 Å². The third kappa shape index (κ3) is 6.69. The summed E-state index contributed by atoms with van der Waals surface area (Å²) in [5, 5.41) is 14.2. The first-order valence-electron chi connectivity index (χ1n) is 13.4. The van der Waals surface area contributed by atoms with Crippen LogP contribution in [0.1, 0.15) is 29.0 Å². The van der Waals surface area contributed by atoms with Crippen molar-refractivity contribution in [2.75, 3.05) is 26.3 Å². The van der Waals surface area contributed by atoms with E-state index in [9.17, 15) is 22.7 Å². The smallest absolute Gasteiger partial charge is 0.407 e. The lowest BCUT2D eigenvalue weighted by Crippen LogP contribution is -2.51. The van der Waals surface area contributed by atoms with Crippen molar-refractivity contribution in [1.29, 1.82) is 0 Å². The minimum Gasteiger partial charge on any atom is -0.444 e. The van der Waals surface area contributed by atoms with Gasteiger partial charge in [-0.2, -0.15) is 4.31 Å². The van der Waals surface area contributed by atoms with Crippen molar-refractivity contribution in [3.05, 3.63) is 101 Å². The highest BCUT2D eigenvalue weighted by Gasteiger charge is 2.37. The molecule has 40 heavy (non-hydrogen) atoms. The molecule has 2 heterocycles. The highest BCUT2D eigenvalue weighted by atomic mass is 32.2. The summed E-state index contributed by atoms with van der Waals surface area (Å²) in [6.45, 7) is 0.634. The van der Waals surface area contributed by atoms with Gasteiger partial charge in [-0.3, -0.25) is 0 Å².